The molecule has 0 aliphatic rings. The zero-order valence-electron chi connectivity index (χ0n) is 15.0. The van der Waals surface area contributed by atoms with Crippen molar-refractivity contribution < 1.29 is 0 Å². The van der Waals surface area contributed by atoms with Gasteiger partial charge in [-0.3, -0.25) is 4.99 Å². The molecule has 0 bridgehead atoms. The van der Waals surface area contributed by atoms with E-state index in [1.54, 1.807) is 13.2 Å². The van der Waals surface area contributed by atoms with Gasteiger partial charge in [-0.1, -0.05) is 36.4 Å². The lowest BCUT2D eigenvalue weighted by Crippen LogP contribution is -2.36. The van der Waals surface area contributed by atoms with Crippen LogP contribution in [0.4, 0.5) is 0 Å². The van der Waals surface area contributed by atoms with Crippen LogP contribution in [0.3, 0.4) is 0 Å². The van der Waals surface area contributed by atoms with Crippen LogP contribution in [0.5, 0.6) is 0 Å². The molecule has 1 aromatic heterocycles. The smallest absolute Gasteiger partial charge is 0.191 e. The fourth-order valence-electron chi connectivity index (χ4n) is 2.58. The molecule has 0 saturated heterocycles. The van der Waals surface area contributed by atoms with Crippen LogP contribution in [-0.4, -0.2) is 22.8 Å². The van der Waals surface area contributed by atoms with Crippen LogP contribution in [0.2, 0.25) is 0 Å². The molecule has 0 spiro atoms. The highest BCUT2D eigenvalue weighted by Crippen LogP contribution is 2.09. The Balaban J connectivity index is 0.00000243. The van der Waals surface area contributed by atoms with Crippen LogP contribution in [0, 0.1) is 6.92 Å². The van der Waals surface area contributed by atoms with Crippen molar-refractivity contribution in [1.29, 1.82) is 0 Å². The van der Waals surface area contributed by atoms with E-state index < -0.39 is 0 Å². The summed E-state index contributed by atoms with van der Waals surface area (Å²) in [6, 6.07) is 18.6. The third-order valence-corrected chi connectivity index (χ3v) is 4.10. The highest BCUT2D eigenvalue weighted by Gasteiger charge is 2.02. The van der Waals surface area contributed by atoms with Crippen molar-refractivity contribution in [3.63, 3.8) is 0 Å². The summed E-state index contributed by atoms with van der Waals surface area (Å²) in [5.41, 5.74) is 4.79. The average molecular weight is 461 g/mol. The molecule has 2 aromatic carbocycles. The zero-order chi connectivity index (χ0) is 17.5. The number of hydrogen-bond acceptors (Lipinski definition) is 2. The van der Waals surface area contributed by atoms with Crippen LogP contribution in [0.25, 0.3) is 5.69 Å². The van der Waals surface area contributed by atoms with E-state index in [2.05, 4.69) is 76.2 Å². The van der Waals surface area contributed by atoms with Crippen molar-refractivity contribution in [2.45, 2.75) is 20.0 Å². The number of benzene rings is 2. The normalized spacial score (nSPS) is 10.9. The van der Waals surface area contributed by atoms with Gasteiger partial charge in [-0.25, -0.2) is 4.68 Å². The SMILES string of the molecule is CN=C(NCc1ccc(-n2cccn2)cc1)NCc1ccccc1C.I. The van der Waals surface area contributed by atoms with Gasteiger partial charge in [0, 0.05) is 32.5 Å². The number of nitrogens with zero attached hydrogens (tertiary/aromatic N) is 3. The number of nitrogens with one attached hydrogen (secondary N) is 2. The van der Waals surface area contributed by atoms with E-state index >= 15 is 0 Å². The fourth-order valence-corrected chi connectivity index (χ4v) is 2.58. The molecule has 0 amide bonds. The van der Waals surface area contributed by atoms with Crippen molar-refractivity contribution in [2.24, 2.45) is 4.99 Å². The Morgan fingerprint density at radius 3 is 2.38 bits per heavy atom. The Morgan fingerprint density at radius 1 is 1.00 bits per heavy atom. The number of guanidine groups is 1. The Morgan fingerprint density at radius 2 is 1.73 bits per heavy atom. The topological polar surface area (TPSA) is 54.2 Å². The van der Waals surface area contributed by atoms with Gasteiger partial charge in [0.2, 0.25) is 0 Å². The quantitative estimate of drug-likeness (QED) is 0.347. The molecule has 0 aliphatic heterocycles. The van der Waals surface area contributed by atoms with Crippen LogP contribution >= 0.6 is 24.0 Å². The second-order valence-electron chi connectivity index (χ2n) is 5.82. The maximum atomic E-state index is 4.29. The Labute approximate surface area is 171 Å². The van der Waals surface area contributed by atoms with Crippen molar-refractivity contribution >= 4 is 29.9 Å². The largest absolute Gasteiger partial charge is 0.352 e. The number of aliphatic imine (C=N–C) groups is 1. The van der Waals surface area contributed by atoms with Crippen LogP contribution < -0.4 is 10.6 Å². The molecule has 136 valence electrons. The van der Waals surface area contributed by atoms with E-state index in [-0.39, 0.29) is 24.0 Å². The molecule has 3 rings (SSSR count). The maximum absolute atomic E-state index is 4.29. The summed E-state index contributed by atoms with van der Waals surface area (Å²) in [5.74, 6) is 0.791. The molecular weight excluding hydrogens is 437 g/mol. The summed E-state index contributed by atoms with van der Waals surface area (Å²) in [6.45, 7) is 3.59. The Kier molecular flexibility index (Phi) is 7.65. The fraction of sp³-hybridized carbons (Fsp3) is 0.200. The van der Waals surface area contributed by atoms with E-state index in [9.17, 15) is 0 Å². The summed E-state index contributed by atoms with van der Waals surface area (Å²) in [4.78, 5) is 4.29. The first-order valence-electron chi connectivity index (χ1n) is 8.34. The highest BCUT2D eigenvalue weighted by atomic mass is 127. The minimum Gasteiger partial charge on any atom is -0.352 e. The van der Waals surface area contributed by atoms with Crippen molar-refractivity contribution in [1.82, 2.24) is 20.4 Å². The summed E-state index contributed by atoms with van der Waals surface area (Å²) in [5, 5.41) is 10.9. The van der Waals surface area contributed by atoms with Crippen LogP contribution in [-0.2, 0) is 13.1 Å². The van der Waals surface area contributed by atoms with E-state index in [0.717, 1.165) is 18.2 Å². The average Bonchev–Trinajstić information content (AvgIpc) is 3.18. The predicted molar refractivity (Wildman–Crippen MR) is 117 cm³/mol. The van der Waals surface area contributed by atoms with Crippen LogP contribution in [0.1, 0.15) is 16.7 Å². The molecule has 0 saturated carbocycles. The van der Waals surface area contributed by atoms with E-state index in [4.69, 9.17) is 0 Å². The predicted octanol–water partition coefficient (Wildman–Crippen LogP) is 3.66. The summed E-state index contributed by atoms with van der Waals surface area (Å²) in [6.07, 6.45) is 3.71. The number of rotatable bonds is 5. The van der Waals surface area contributed by atoms with Gasteiger partial charge >= 0.3 is 0 Å². The minimum absolute atomic E-state index is 0. The van der Waals surface area contributed by atoms with E-state index in [1.807, 2.05) is 16.9 Å². The van der Waals surface area contributed by atoms with Crippen molar-refractivity contribution in [2.75, 3.05) is 7.05 Å². The lowest BCUT2D eigenvalue weighted by molar-refractivity contribution is 0.805. The number of aromatic nitrogens is 2. The molecule has 0 radical (unpaired) electrons. The Bertz CT molecular complexity index is 826. The summed E-state index contributed by atoms with van der Waals surface area (Å²) in [7, 11) is 1.79. The van der Waals surface area contributed by atoms with Gasteiger partial charge in [0.1, 0.15) is 0 Å². The molecule has 5 nitrogen and oxygen atoms in total. The van der Waals surface area contributed by atoms with Gasteiger partial charge in [0.15, 0.2) is 5.96 Å². The second-order valence-corrected chi connectivity index (χ2v) is 5.82. The van der Waals surface area contributed by atoms with Gasteiger partial charge in [0.25, 0.3) is 0 Å². The van der Waals surface area contributed by atoms with Gasteiger partial charge in [-0.2, -0.15) is 5.10 Å². The molecule has 6 heteroatoms. The van der Waals surface area contributed by atoms with E-state index in [1.165, 1.54) is 16.7 Å². The standard InChI is InChI=1S/C20H23N5.HI/c1-16-6-3-4-7-18(16)15-23-20(21-2)22-14-17-8-10-19(11-9-17)25-13-5-12-24-25;/h3-13H,14-15H2,1-2H3,(H2,21,22,23);1H. The van der Waals surface area contributed by atoms with Crippen molar-refractivity contribution in [3.05, 3.63) is 83.7 Å². The third-order valence-electron chi connectivity index (χ3n) is 4.10. The second kappa shape index (κ2) is 9.96. The van der Waals surface area contributed by atoms with Gasteiger partial charge in [-0.15, -0.1) is 24.0 Å². The molecule has 0 atom stereocenters. The monoisotopic (exact) mass is 461 g/mol. The lowest BCUT2D eigenvalue weighted by Gasteiger charge is -2.13. The molecule has 2 N–H and O–H groups in total. The summed E-state index contributed by atoms with van der Waals surface area (Å²) < 4.78 is 1.85. The first-order chi connectivity index (χ1) is 12.3. The van der Waals surface area contributed by atoms with Gasteiger partial charge in [-0.05, 0) is 41.8 Å². The number of aryl methyl sites for hydroxylation is 1. The lowest BCUT2D eigenvalue weighted by atomic mass is 10.1. The number of halogens is 1. The zero-order valence-corrected chi connectivity index (χ0v) is 17.3. The minimum atomic E-state index is 0. The molecule has 26 heavy (non-hydrogen) atoms. The number of hydrogen-bond donors (Lipinski definition) is 2. The van der Waals surface area contributed by atoms with E-state index in [0.29, 0.717) is 6.54 Å². The van der Waals surface area contributed by atoms with Gasteiger partial charge in [0.05, 0.1) is 5.69 Å². The molecule has 0 unspecified atom stereocenters. The van der Waals surface area contributed by atoms with Crippen LogP contribution in [0.15, 0.2) is 72.0 Å². The molecule has 0 aliphatic carbocycles. The third kappa shape index (κ3) is 5.32. The van der Waals surface area contributed by atoms with Gasteiger partial charge < -0.3 is 10.6 Å². The molecule has 1 heterocycles. The Hall–Kier alpha value is -2.35. The first kappa shape index (κ1) is 20.0. The van der Waals surface area contributed by atoms with Crippen molar-refractivity contribution in [3.8, 4) is 5.69 Å². The first-order valence-corrected chi connectivity index (χ1v) is 8.34. The molecular formula is C20H24IN5. The molecule has 0 fully saturated rings. The maximum Gasteiger partial charge on any atom is 0.191 e. The molecule has 3 aromatic rings. The highest BCUT2D eigenvalue weighted by molar-refractivity contribution is 14.0. The summed E-state index contributed by atoms with van der Waals surface area (Å²) >= 11 is 0.